The van der Waals surface area contributed by atoms with E-state index in [4.69, 9.17) is 9.47 Å². The quantitative estimate of drug-likeness (QED) is 0.813. The molecule has 1 saturated heterocycles. The van der Waals surface area contributed by atoms with Crippen LogP contribution < -0.4 is 10.1 Å². The van der Waals surface area contributed by atoms with Crippen molar-refractivity contribution in [2.24, 2.45) is 0 Å². The SMILES string of the molecule is Cc1ccc(OCC2(O)CNCCOC2)cc1. The molecule has 1 heterocycles. The van der Waals surface area contributed by atoms with Crippen LogP contribution in [0.4, 0.5) is 0 Å². The fourth-order valence-corrected chi connectivity index (χ4v) is 1.72. The van der Waals surface area contributed by atoms with Crippen molar-refractivity contribution in [3.63, 3.8) is 0 Å². The predicted molar refractivity (Wildman–Crippen MR) is 65.3 cm³/mol. The first-order valence-corrected chi connectivity index (χ1v) is 5.88. The van der Waals surface area contributed by atoms with Crippen molar-refractivity contribution in [1.29, 1.82) is 0 Å². The predicted octanol–water partition coefficient (Wildman–Crippen LogP) is 0.725. The Morgan fingerprint density at radius 3 is 2.94 bits per heavy atom. The van der Waals surface area contributed by atoms with E-state index >= 15 is 0 Å². The highest BCUT2D eigenvalue weighted by Crippen LogP contribution is 2.15. The zero-order valence-corrected chi connectivity index (χ0v) is 10.1. The Kier molecular flexibility index (Phi) is 3.99. The molecule has 17 heavy (non-hydrogen) atoms. The lowest BCUT2D eigenvalue weighted by molar-refractivity contribution is -0.0552. The Hall–Kier alpha value is -1.10. The molecule has 1 fully saturated rings. The van der Waals surface area contributed by atoms with Gasteiger partial charge in [0.2, 0.25) is 0 Å². The normalized spacial score (nSPS) is 25.3. The summed E-state index contributed by atoms with van der Waals surface area (Å²) in [5.41, 5.74) is 0.247. The number of benzene rings is 1. The van der Waals surface area contributed by atoms with E-state index in [1.54, 1.807) is 0 Å². The third-order valence-corrected chi connectivity index (χ3v) is 2.78. The molecular formula is C13H19NO3. The van der Waals surface area contributed by atoms with Crippen LogP contribution in [0.15, 0.2) is 24.3 Å². The van der Waals surface area contributed by atoms with E-state index in [0.29, 0.717) is 19.8 Å². The van der Waals surface area contributed by atoms with Gasteiger partial charge in [0.25, 0.3) is 0 Å². The van der Waals surface area contributed by atoms with Crippen LogP contribution >= 0.6 is 0 Å². The first kappa shape index (κ1) is 12.4. The molecule has 1 aromatic carbocycles. The molecule has 94 valence electrons. The second-order valence-electron chi connectivity index (χ2n) is 4.56. The molecule has 0 bridgehead atoms. The number of hydrogen-bond donors (Lipinski definition) is 2. The molecule has 1 aliphatic heterocycles. The average Bonchev–Trinajstić information content (AvgIpc) is 2.54. The second kappa shape index (κ2) is 5.49. The smallest absolute Gasteiger partial charge is 0.134 e. The summed E-state index contributed by atoms with van der Waals surface area (Å²) in [5.74, 6) is 0.772. The van der Waals surface area contributed by atoms with Crippen molar-refractivity contribution in [2.45, 2.75) is 12.5 Å². The van der Waals surface area contributed by atoms with E-state index in [-0.39, 0.29) is 6.61 Å². The number of rotatable bonds is 3. The second-order valence-corrected chi connectivity index (χ2v) is 4.56. The topological polar surface area (TPSA) is 50.7 Å². The average molecular weight is 237 g/mol. The largest absolute Gasteiger partial charge is 0.490 e. The summed E-state index contributed by atoms with van der Waals surface area (Å²) >= 11 is 0. The zero-order valence-electron chi connectivity index (χ0n) is 10.1. The first-order valence-electron chi connectivity index (χ1n) is 5.88. The van der Waals surface area contributed by atoms with Crippen LogP contribution in [-0.2, 0) is 4.74 Å². The van der Waals surface area contributed by atoms with Gasteiger partial charge in [-0.25, -0.2) is 0 Å². The zero-order chi connectivity index (χ0) is 12.1. The van der Waals surface area contributed by atoms with Crippen LogP contribution in [-0.4, -0.2) is 43.6 Å². The van der Waals surface area contributed by atoms with E-state index < -0.39 is 5.60 Å². The van der Waals surface area contributed by atoms with Gasteiger partial charge in [-0.2, -0.15) is 0 Å². The summed E-state index contributed by atoms with van der Waals surface area (Å²) in [4.78, 5) is 0. The molecule has 2 N–H and O–H groups in total. The fraction of sp³-hybridized carbons (Fsp3) is 0.538. The van der Waals surface area contributed by atoms with Crippen molar-refractivity contribution in [1.82, 2.24) is 5.32 Å². The Morgan fingerprint density at radius 1 is 1.41 bits per heavy atom. The molecule has 0 aromatic heterocycles. The van der Waals surface area contributed by atoms with Crippen molar-refractivity contribution in [2.75, 3.05) is 32.9 Å². The lowest BCUT2D eigenvalue weighted by Gasteiger charge is -2.25. The highest BCUT2D eigenvalue weighted by atomic mass is 16.5. The molecular weight excluding hydrogens is 218 g/mol. The third-order valence-electron chi connectivity index (χ3n) is 2.78. The minimum absolute atomic E-state index is 0.239. The van der Waals surface area contributed by atoms with Crippen LogP contribution in [0.2, 0.25) is 0 Å². The maximum atomic E-state index is 10.3. The summed E-state index contributed by atoms with van der Waals surface area (Å²) in [7, 11) is 0. The van der Waals surface area contributed by atoms with Crippen molar-refractivity contribution < 1.29 is 14.6 Å². The Balaban J connectivity index is 1.89. The van der Waals surface area contributed by atoms with Gasteiger partial charge >= 0.3 is 0 Å². The van der Waals surface area contributed by atoms with Gasteiger partial charge in [-0.05, 0) is 19.1 Å². The van der Waals surface area contributed by atoms with Crippen LogP contribution in [0, 0.1) is 6.92 Å². The molecule has 0 amide bonds. The molecule has 2 rings (SSSR count). The van der Waals surface area contributed by atoms with Gasteiger partial charge in [0, 0.05) is 13.1 Å². The van der Waals surface area contributed by atoms with Crippen molar-refractivity contribution >= 4 is 0 Å². The Bertz CT molecular complexity index is 342. The number of ether oxygens (including phenoxy) is 2. The van der Waals surface area contributed by atoms with E-state index in [9.17, 15) is 5.11 Å². The maximum Gasteiger partial charge on any atom is 0.134 e. The molecule has 0 spiro atoms. The lowest BCUT2D eigenvalue weighted by Crippen LogP contribution is -2.47. The number of β-amino-alcohol motifs (C(OH)–C–C–N with tert-alkyl or cyclic N) is 1. The summed E-state index contributed by atoms with van der Waals surface area (Å²) in [5, 5.41) is 13.4. The Labute approximate surface area is 102 Å². The van der Waals surface area contributed by atoms with Crippen LogP contribution in [0.25, 0.3) is 0 Å². The van der Waals surface area contributed by atoms with Gasteiger partial charge in [-0.3, -0.25) is 0 Å². The molecule has 0 aliphatic carbocycles. The number of hydrogen-bond acceptors (Lipinski definition) is 4. The summed E-state index contributed by atoms with van der Waals surface area (Å²) < 4.78 is 10.9. The van der Waals surface area contributed by atoms with E-state index in [2.05, 4.69) is 5.32 Å². The molecule has 0 saturated carbocycles. The molecule has 1 atom stereocenters. The number of aliphatic hydroxyl groups is 1. The van der Waals surface area contributed by atoms with E-state index in [1.165, 1.54) is 5.56 Å². The van der Waals surface area contributed by atoms with Crippen molar-refractivity contribution in [3.8, 4) is 5.75 Å². The van der Waals surface area contributed by atoms with Gasteiger partial charge in [0.15, 0.2) is 0 Å². The molecule has 1 aliphatic rings. The minimum atomic E-state index is -0.943. The molecule has 0 radical (unpaired) electrons. The first-order chi connectivity index (χ1) is 8.18. The standard InChI is InChI=1S/C13H19NO3/c1-11-2-4-12(5-3-11)17-10-13(15)8-14-6-7-16-9-13/h2-5,14-15H,6-10H2,1H3. The van der Waals surface area contributed by atoms with Gasteiger partial charge in [0.1, 0.15) is 18.0 Å². The highest BCUT2D eigenvalue weighted by Gasteiger charge is 2.29. The Morgan fingerprint density at radius 2 is 2.18 bits per heavy atom. The number of aryl methyl sites for hydroxylation is 1. The third kappa shape index (κ3) is 3.70. The van der Waals surface area contributed by atoms with Crippen LogP contribution in [0.3, 0.4) is 0 Å². The number of nitrogens with one attached hydrogen (secondary N) is 1. The lowest BCUT2D eigenvalue weighted by atomic mass is 10.1. The summed E-state index contributed by atoms with van der Waals surface area (Å²) in [6.07, 6.45) is 0. The maximum absolute atomic E-state index is 10.3. The molecule has 1 aromatic rings. The minimum Gasteiger partial charge on any atom is -0.490 e. The molecule has 1 unspecified atom stereocenters. The van der Waals surface area contributed by atoms with Gasteiger partial charge in [-0.15, -0.1) is 0 Å². The summed E-state index contributed by atoms with van der Waals surface area (Å²) in [6, 6.07) is 7.79. The molecule has 4 nitrogen and oxygen atoms in total. The molecule has 4 heteroatoms. The van der Waals surface area contributed by atoms with Crippen LogP contribution in [0.5, 0.6) is 5.75 Å². The van der Waals surface area contributed by atoms with E-state index in [0.717, 1.165) is 12.3 Å². The highest BCUT2D eigenvalue weighted by molar-refractivity contribution is 5.26. The van der Waals surface area contributed by atoms with Gasteiger partial charge in [0.05, 0.1) is 13.2 Å². The van der Waals surface area contributed by atoms with Gasteiger partial charge in [-0.1, -0.05) is 17.7 Å². The van der Waals surface area contributed by atoms with Crippen LogP contribution in [0.1, 0.15) is 5.56 Å². The van der Waals surface area contributed by atoms with Gasteiger partial charge < -0.3 is 19.9 Å². The van der Waals surface area contributed by atoms with Crippen molar-refractivity contribution in [3.05, 3.63) is 29.8 Å². The summed E-state index contributed by atoms with van der Waals surface area (Å²) in [6.45, 7) is 4.48. The monoisotopic (exact) mass is 237 g/mol. The fourth-order valence-electron chi connectivity index (χ4n) is 1.72. The van der Waals surface area contributed by atoms with E-state index in [1.807, 2.05) is 31.2 Å².